The first-order chi connectivity index (χ1) is 10.2. The van der Waals surface area contributed by atoms with E-state index < -0.39 is 6.10 Å². The van der Waals surface area contributed by atoms with Crippen LogP contribution in [0.3, 0.4) is 0 Å². The van der Waals surface area contributed by atoms with E-state index in [1.807, 2.05) is 0 Å². The first-order valence-corrected chi connectivity index (χ1v) is 6.45. The Kier molecular flexibility index (Phi) is 3.31. The minimum atomic E-state index is -0.736. The van der Waals surface area contributed by atoms with Gasteiger partial charge in [0.05, 0.1) is 12.7 Å². The van der Waals surface area contributed by atoms with Gasteiger partial charge in [0.25, 0.3) is 0 Å². The van der Waals surface area contributed by atoms with Crippen LogP contribution in [0.5, 0.6) is 5.75 Å². The SMILES string of the molecule is COc1cccc(C2=C(N)OC(c3cccnc3)C2=O)c1. The van der Waals surface area contributed by atoms with Crippen LogP contribution < -0.4 is 10.5 Å². The number of ketones is 1. The smallest absolute Gasteiger partial charge is 0.214 e. The van der Waals surface area contributed by atoms with Gasteiger partial charge in [0.2, 0.25) is 5.78 Å². The fourth-order valence-electron chi connectivity index (χ4n) is 2.31. The highest BCUT2D eigenvalue weighted by atomic mass is 16.5. The number of methoxy groups -OCH3 is 1. The van der Waals surface area contributed by atoms with Crippen LogP contribution in [0.4, 0.5) is 0 Å². The van der Waals surface area contributed by atoms with E-state index >= 15 is 0 Å². The molecule has 1 aromatic heterocycles. The van der Waals surface area contributed by atoms with Gasteiger partial charge in [-0.2, -0.15) is 0 Å². The molecule has 1 unspecified atom stereocenters. The van der Waals surface area contributed by atoms with Gasteiger partial charge >= 0.3 is 0 Å². The number of ether oxygens (including phenoxy) is 2. The van der Waals surface area contributed by atoms with Crippen LogP contribution in [0.1, 0.15) is 17.2 Å². The summed E-state index contributed by atoms with van der Waals surface area (Å²) in [4.78, 5) is 16.6. The Labute approximate surface area is 122 Å². The number of pyridine rings is 1. The third kappa shape index (κ3) is 2.33. The number of carbonyl (C=O) groups is 1. The van der Waals surface area contributed by atoms with E-state index in [-0.39, 0.29) is 11.7 Å². The van der Waals surface area contributed by atoms with Crippen LogP contribution in [-0.4, -0.2) is 17.9 Å². The molecule has 0 radical (unpaired) electrons. The second-order valence-corrected chi connectivity index (χ2v) is 4.62. The molecule has 21 heavy (non-hydrogen) atoms. The molecule has 0 amide bonds. The maximum absolute atomic E-state index is 12.6. The Morgan fingerprint density at radius 3 is 2.86 bits per heavy atom. The van der Waals surface area contributed by atoms with Crippen molar-refractivity contribution < 1.29 is 14.3 Å². The monoisotopic (exact) mass is 282 g/mol. The van der Waals surface area contributed by atoms with E-state index in [0.29, 0.717) is 22.4 Å². The van der Waals surface area contributed by atoms with Crippen molar-refractivity contribution in [2.24, 2.45) is 5.73 Å². The van der Waals surface area contributed by atoms with Gasteiger partial charge in [0, 0.05) is 18.0 Å². The number of rotatable bonds is 3. The van der Waals surface area contributed by atoms with Crippen molar-refractivity contribution in [3.63, 3.8) is 0 Å². The number of nitrogens with zero attached hydrogens (tertiary/aromatic N) is 1. The molecule has 1 aromatic carbocycles. The lowest BCUT2D eigenvalue weighted by Gasteiger charge is -2.09. The summed E-state index contributed by atoms with van der Waals surface area (Å²) in [5, 5.41) is 0. The summed E-state index contributed by atoms with van der Waals surface area (Å²) in [6, 6.07) is 10.7. The zero-order chi connectivity index (χ0) is 14.8. The summed E-state index contributed by atoms with van der Waals surface area (Å²) in [7, 11) is 1.57. The molecule has 5 heteroatoms. The van der Waals surface area contributed by atoms with Gasteiger partial charge in [-0.1, -0.05) is 18.2 Å². The molecule has 2 aromatic rings. The minimum Gasteiger partial charge on any atom is -0.497 e. The van der Waals surface area contributed by atoms with Crippen molar-refractivity contribution in [1.29, 1.82) is 0 Å². The third-order valence-electron chi connectivity index (χ3n) is 3.32. The topological polar surface area (TPSA) is 74.4 Å². The van der Waals surface area contributed by atoms with Crippen LogP contribution in [0.15, 0.2) is 54.7 Å². The highest BCUT2D eigenvalue weighted by Gasteiger charge is 2.36. The quantitative estimate of drug-likeness (QED) is 0.932. The molecule has 0 bridgehead atoms. The van der Waals surface area contributed by atoms with Crippen molar-refractivity contribution in [2.45, 2.75) is 6.10 Å². The molecule has 0 saturated carbocycles. The van der Waals surface area contributed by atoms with Gasteiger partial charge < -0.3 is 15.2 Å². The van der Waals surface area contributed by atoms with E-state index in [1.54, 1.807) is 55.9 Å². The summed E-state index contributed by atoms with van der Waals surface area (Å²) in [6.07, 6.45) is 2.51. The second-order valence-electron chi connectivity index (χ2n) is 4.62. The number of nitrogens with two attached hydrogens (primary N) is 1. The average molecular weight is 282 g/mol. The second kappa shape index (κ2) is 5.28. The van der Waals surface area contributed by atoms with Crippen LogP contribution in [0, 0.1) is 0 Å². The standard InChI is InChI=1S/C16H14N2O3/c1-20-12-6-2-4-10(8-12)13-14(19)15(21-16(13)17)11-5-3-7-18-9-11/h2-9,15H,17H2,1H3. The zero-order valence-corrected chi connectivity index (χ0v) is 11.4. The number of aromatic nitrogens is 1. The lowest BCUT2D eigenvalue weighted by Crippen LogP contribution is -2.09. The summed E-state index contributed by atoms with van der Waals surface area (Å²) < 4.78 is 10.7. The van der Waals surface area contributed by atoms with Crippen molar-refractivity contribution in [1.82, 2.24) is 4.98 Å². The van der Waals surface area contributed by atoms with Crippen LogP contribution in [0.2, 0.25) is 0 Å². The summed E-state index contributed by atoms with van der Waals surface area (Å²) in [5.41, 5.74) is 7.64. The summed E-state index contributed by atoms with van der Waals surface area (Å²) >= 11 is 0. The summed E-state index contributed by atoms with van der Waals surface area (Å²) in [6.45, 7) is 0. The maximum Gasteiger partial charge on any atom is 0.214 e. The molecule has 0 saturated heterocycles. The number of hydrogen-bond donors (Lipinski definition) is 1. The zero-order valence-electron chi connectivity index (χ0n) is 11.4. The predicted octanol–water partition coefficient (Wildman–Crippen LogP) is 2.06. The van der Waals surface area contributed by atoms with E-state index in [4.69, 9.17) is 15.2 Å². The molecule has 3 rings (SSSR count). The first kappa shape index (κ1) is 13.2. The van der Waals surface area contributed by atoms with Crippen molar-refractivity contribution in [2.75, 3.05) is 7.11 Å². The largest absolute Gasteiger partial charge is 0.497 e. The van der Waals surface area contributed by atoms with Crippen molar-refractivity contribution in [3.05, 3.63) is 65.8 Å². The molecule has 0 spiro atoms. The van der Waals surface area contributed by atoms with E-state index in [1.165, 1.54) is 0 Å². The van der Waals surface area contributed by atoms with Gasteiger partial charge in [0.15, 0.2) is 12.0 Å². The van der Waals surface area contributed by atoms with Crippen LogP contribution in [0.25, 0.3) is 5.57 Å². The first-order valence-electron chi connectivity index (χ1n) is 6.45. The molecule has 0 fully saturated rings. The van der Waals surface area contributed by atoms with Gasteiger partial charge in [-0.3, -0.25) is 9.78 Å². The molecule has 2 N–H and O–H groups in total. The Bertz CT molecular complexity index is 710. The molecule has 2 heterocycles. The lowest BCUT2D eigenvalue weighted by atomic mass is 9.98. The molecule has 1 atom stereocenters. The highest BCUT2D eigenvalue weighted by Crippen LogP contribution is 2.36. The highest BCUT2D eigenvalue weighted by molar-refractivity contribution is 6.25. The predicted molar refractivity (Wildman–Crippen MR) is 77.2 cm³/mol. The average Bonchev–Trinajstić information content (AvgIpc) is 2.83. The fourth-order valence-corrected chi connectivity index (χ4v) is 2.31. The van der Waals surface area contributed by atoms with E-state index in [0.717, 1.165) is 0 Å². The van der Waals surface area contributed by atoms with E-state index in [9.17, 15) is 4.79 Å². The van der Waals surface area contributed by atoms with Crippen molar-refractivity contribution in [3.8, 4) is 5.75 Å². The third-order valence-corrected chi connectivity index (χ3v) is 3.32. The van der Waals surface area contributed by atoms with Crippen molar-refractivity contribution >= 4 is 11.4 Å². The molecular weight excluding hydrogens is 268 g/mol. The molecule has 106 valence electrons. The molecule has 1 aliphatic heterocycles. The fraction of sp³-hybridized carbons (Fsp3) is 0.125. The Morgan fingerprint density at radius 2 is 2.14 bits per heavy atom. The van der Waals surface area contributed by atoms with Crippen LogP contribution >= 0.6 is 0 Å². The Balaban J connectivity index is 1.96. The summed E-state index contributed by atoms with van der Waals surface area (Å²) in [5.74, 6) is 0.612. The molecule has 5 nitrogen and oxygen atoms in total. The maximum atomic E-state index is 12.6. The van der Waals surface area contributed by atoms with Gasteiger partial charge in [-0.05, 0) is 23.8 Å². The minimum absolute atomic E-state index is 0.127. The van der Waals surface area contributed by atoms with Gasteiger partial charge in [-0.15, -0.1) is 0 Å². The van der Waals surface area contributed by atoms with Gasteiger partial charge in [0.1, 0.15) is 5.75 Å². The number of carbonyl (C=O) groups excluding carboxylic acids is 1. The number of Topliss-reactive ketones (excluding diaryl/α,β-unsaturated/α-hetero) is 1. The molecule has 0 aliphatic carbocycles. The molecular formula is C16H14N2O3. The number of hydrogen-bond acceptors (Lipinski definition) is 5. The van der Waals surface area contributed by atoms with E-state index in [2.05, 4.69) is 4.98 Å². The lowest BCUT2D eigenvalue weighted by molar-refractivity contribution is -0.120. The Hall–Kier alpha value is -2.82. The van der Waals surface area contributed by atoms with Gasteiger partial charge in [-0.25, -0.2) is 0 Å². The van der Waals surface area contributed by atoms with Crippen LogP contribution in [-0.2, 0) is 9.53 Å². The normalized spacial score (nSPS) is 17.8. The Morgan fingerprint density at radius 1 is 1.29 bits per heavy atom. The number of benzene rings is 1. The molecule has 1 aliphatic rings.